The normalized spacial score (nSPS) is 12.2. The van der Waals surface area contributed by atoms with E-state index in [4.69, 9.17) is 0 Å². The van der Waals surface area contributed by atoms with Crippen LogP contribution in [0.3, 0.4) is 0 Å². The maximum Gasteiger partial charge on any atom is 0.276 e. The van der Waals surface area contributed by atoms with Crippen LogP contribution in [0.5, 0.6) is 0 Å². The monoisotopic (exact) mass is 381 g/mol. The molecule has 0 spiro atoms. The maximum atomic E-state index is 12.3. The van der Waals surface area contributed by atoms with E-state index < -0.39 is 10.0 Å². The molecule has 6 heteroatoms. The first-order valence-electron chi connectivity index (χ1n) is 8.66. The summed E-state index contributed by atoms with van der Waals surface area (Å²) >= 11 is 0. The van der Waals surface area contributed by atoms with E-state index in [-0.39, 0.29) is 4.90 Å². The quantitative estimate of drug-likeness (QED) is 0.534. The Bertz CT molecular complexity index is 1060. The van der Waals surface area contributed by atoms with Gasteiger partial charge in [0, 0.05) is 17.1 Å². The second kappa shape index (κ2) is 7.40. The van der Waals surface area contributed by atoms with E-state index in [9.17, 15) is 8.42 Å². The van der Waals surface area contributed by atoms with Crippen molar-refractivity contribution in [2.75, 3.05) is 0 Å². The maximum absolute atomic E-state index is 12.3. The Kier molecular flexibility index (Phi) is 5.19. The van der Waals surface area contributed by atoms with Gasteiger partial charge in [-0.15, -0.1) is 0 Å². The molecule has 3 rings (SSSR count). The zero-order valence-corrected chi connectivity index (χ0v) is 16.7. The molecule has 0 atom stereocenters. The number of nitrogens with one attached hydrogen (secondary N) is 1. The molecule has 1 heterocycles. The summed E-state index contributed by atoms with van der Waals surface area (Å²) in [6.45, 7) is 7.81. The van der Waals surface area contributed by atoms with Crippen molar-refractivity contribution in [1.82, 2.24) is 9.40 Å². The highest BCUT2D eigenvalue weighted by Crippen LogP contribution is 2.17. The van der Waals surface area contributed by atoms with Crippen LogP contribution in [0.25, 0.3) is 5.69 Å². The average Bonchev–Trinajstić information content (AvgIpc) is 2.99. The van der Waals surface area contributed by atoms with E-state index >= 15 is 0 Å². The molecule has 0 aliphatic rings. The van der Waals surface area contributed by atoms with Gasteiger partial charge in [-0.1, -0.05) is 29.8 Å². The molecule has 3 aromatic rings. The van der Waals surface area contributed by atoms with E-state index in [1.807, 2.05) is 31.2 Å². The zero-order chi connectivity index (χ0) is 19.6. The van der Waals surface area contributed by atoms with Crippen LogP contribution in [-0.4, -0.2) is 18.7 Å². The highest BCUT2D eigenvalue weighted by Gasteiger charge is 2.12. The van der Waals surface area contributed by atoms with Crippen molar-refractivity contribution in [3.8, 4) is 5.69 Å². The Balaban J connectivity index is 1.79. The molecule has 0 fully saturated rings. The largest absolute Gasteiger partial charge is 0.319 e. The van der Waals surface area contributed by atoms with Crippen molar-refractivity contribution in [2.45, 2.75) is 32.6 Å². The van der Waals surface area contributed by atoms with Crippen LogP contribution in [-0.2, 0) is 10.0 Å². The minimum absolute atomic E-state index is 0.193. The lowest BCUT2D eigenvalue weighted by atomic mass is 10.1. The Hall–Kier alpha value is -2.86. The number of aryl methyl sites for hydroxylation is 3. The van der Waals surface area contributed by atoms with Gasteiger partial charge in [-0.2, -0.15) is 18.4 Å². The summed E-state index contributed by atoms with van der Waals surface area (Å²) in [4.78, 5) is 2.50. The molecular formula is C21H23N3O2S. The van der Waals surface area contributed by atoms with Crippen LogP contribution in [0, 0.1) is 20.8 Å². The third-order valence-corrected chi connectivity index (χ3v) is 5.70. The second-order valence-corrected chi connectivity index (χ2v) is 8.26. The highest BCUT2D eigenvalue weighted by molar-refractivity contribution is 7.89. The Morgan fingerprint density at radius 1 is 0.852 bits per heavy atom. The molecule has 0 radical (unpaired) electrons. The highest BCUT2D eigenvalue weighted by atomic mass is 32.2. The van der Waals surface area contributed by atoms with Gasteiger partial charge in [0.2, 0.25) is 0 Å². The fraction of sp³-hybridized carbons (Fsp3) is 0.190. The molecule has 0 amide bonds. The molecule has 5 nitrogen and oxygen atoms in total. The molecule has 27 heavy (non-hydrogen) atoms. The molecule has 0 aliphatic carbocycles. The van der Waals surface area contributed by atoms with Gasteiger partial charge in [-0.3, -0.25) is 0 Å². The summed E-state index contributed by atoms with van der Waals surface area (Å²) in [5.41, 5.74) is 5.84. The SMILES string of the molecule is C/C(=N\NS(=O)(=O)c1ccc(C)cc1)c1ccc(-n2c(C)ccc2C)cc1. The minimum Gasteiger partial charge on any atom is -0.319 e. The van der Waals surface area contributed by atoms with Gasteiger partial charge in [-0.05, 0) is 69.7 Å². The molecule has 0 saturated carbocycles. The molecule has 0 unspecified atom stereocenters. The summed E-state index contributed by atoms with van der Waals surface area (Å²) in [6.07, 6.45) is 0. The number of sulfonamides is 1. The van der Waals surface area contributed by atoms with Crippen molar-refractivity contribution < 1.29 is 8.42 Å². The predicted octanol–water partition coefficient (Wildman–Crippen LogP) is 4.11. The molecule has 0 saturated heterocycles. The standard InChI is InChI=1S/C21H23N3O2S/c1-15-5-13-21(14-6-15)27(25,26)23-22-18(4)19-9-11-20(12-10-19)24-16(2)7-8-17(24)3/h5-14,23H,1-4H3/b22-18+. The van der Waals surface area contributed by atoms with Crippen LogP contribution in [0.4, 0.5) is 0 Å². The molecular weight excluding hydrogens is 358 g/mol. The summed E-state index contributed by atoms with van der Waals surface area (Å²) in [7, 11) is -3.68. The first-order chi connectivity index (χ1) is 12.8. The van der Waals surface area contributed by atoms with Crippen LogP contribution in [0.1, 0.15) is 29.4 Å². The zero-order valence-electron chi connectivity index (χ0n) is 15.9. The van der Waals surface area contributed by atoms with Crippen LogP contribution in [0.15, 0.2) is 70.7 Å². The van der Waals surface area contributed by atoms with E-state index in [0.717, 1.165) is 28.2 Å². The Labute approximate surface area is 160 Å². The first-order valence-corrected chi connectivity index (χ1v) is 10.1. The predicted molar refractivity (Wildman–Crippen MR) is 109 cm³/mol. The summed E-state index contributed by atoms with van der Waals surface area (Å²) < 4.78 is 26.8. The first kappa shape index (κ1) is 18.9. The summed E-state index contributed by atoms with van der Waals surface area (Å²) in [6, 6.07) is 18.7. The van der Waals surface area contributed by atoms with E-state index in [1.54, 1.807) is 31.2 Å². The van der Waals surface area contributed by atoms with Gasteiger partial charge in [0.15, 0.2) is 0 Å². The number of hydrazone groups is 1. The second-order valence-electron chi connectivity index (χ2n) is 6.60. The lowest BCUT2D eigenvalue weighted by Crippen LogP contribution is -2.20. The van der Waals surface area contributed by atoms with Gasteiger partial charge >= 0.3 is 0 Å². The van der Waals surface area contributed by atoms with Crippen molar-refractivity contribution in [3.63, 3.8) is 0 Å². The molecule has 2 aromatic carbocycles. The topological polar surface area (TPSA) is 63.5 Å². The van der Waals surface area contributed by atoms with Gasteiger partial charge in [0.1, 0.15) is 0 Å². The van der Waals surface area contributed by atoms with E-state index in [2.05, 4.69) is 40.5 Å². The third kappa shape index (κ3) is 4.11. The lowest BCUT2D eigenvalue weighted by molar-refractivity contribution is 0.584. The number of aromatic nitrogens is 1. The molecule has 1 aromatic heterocycles. The smallest absolute Gasteiger partial charge is 0.276 e. The summed E-state index contributed by atoms with van der Waals surface area (Å²) in [5.74, 6) is 0. The van der Waals surface area contributed by atoms with E-state index in [1.165, 1.54) is 0 Å². The van der Waals surface area contributed by atoms with Crippen LogP contribution in [0.2, 0.25) is 0 Å². The molecule has 140 valence electrons. The molecule has 1 N–H and O–H groups in total. The lowest BCUT2D eigenvalue weighted by Gasteiger charge is -2.10. The van der Waals surface area contributed by atoms with Crippen molar-refractivity contribution in [1.29, 1.82) is 0 Å². The fourth-order valence-corrected chi connectivity index (χ4v) is 3.75. The fourth-order valence-electron chi connectivity index (χ4n) is 2.89. The van der Waals surface area contributed by atoms with Gasteiger partial charge < -0.3 is 4.57 Å². The van der Waals surface area contributed by atoms with E-state index in [0.29, 0.717) is 5.71 Å². The van der Waals surface area contributed by atoms with Gasteiger partial charge in [-0.25, -0.2) is 0 Å². The Morgan fingerprint density at radius 2 is 1.41 bits per heavy atom. The number of nitrogens with zero attached hydrogens (tertiary/aromatic N) is 2. The molecule has 0 aliphatic heterocycles. The van der Waals surface area contributed by atoms with Crippen molar-refractivity contribution in [3.05, 3.63) is 83.2 Å². The third-order valence-electron chi connectivity index (χ3n) is 4.48. The van der Waals surface area contributed by atoms with Gasteiger partial charge in [0.05, 0.1) is 10.6 Å². The molecule has 0 bridgehead atoms. The number of hydrogen-bond donors (Lipinski definition) is 1. The van der Waals surface area contributed by atoms with Gasteiger partial charge in [0.25, 0.3) is 10.0 Å². The van der Waals surface area contributed by atoms with Crippen molar-refractivity contribution >= 4 is 15.7 Å². The number of hydrogen-bond acceptors (Lipinski definition) is 3. The summed E-state index contributed by atoms with van der Waals surface area (Å²) in [5, 5.41) is 4.06. The Morgan fingerprint density at radius 3 is 1.96 bits per heavy atom. The average molecular weight is 382 g/mol. The van der Waals surface area contributed by atoms with Crippen LogP contribution < -0.4 is 4.83 Å². The number of rotatable bonds is 5. The van der Waals surface area contributed by atoms with Crippen LogP contribution >= 0.6 is 0 Å². The minimum atomic E-state index is -3.68. The van der Waals surface area contributed by atoms with Crippen molar-refractivity contribution in [2.24, 2.45) is 5.10 Å². The number of benzene rings is 2.